The minimum atomic E-state index is 0.483. The van der Waals surface area contributed by atoms with Crippen molar-refractivity contribution in [3.8, 4) is 0 Å². The van der Waals surface area contributed by atoms with Crippen LogP contribution < -0.4 is 5.32 Å². The van der Waals surface area contributed by atoms with Crippen LogP contribution in [0.5, 0.6) is 0 Å². The molecule has 1 fully saturated rings. The Balaban J connectivity index is 2.11. The predicted molar refractivity (Wildman–Crippen MR) is 68.8 cm³/mol. The topological polar surface area (TPSA) is 24.5 Å². The van der Waals surface area contributed by atoms with Gasteiger partial charge in [-0.05, 0) is 52.2 Å². The summed E-state index contributed by atoms with van der Waals surface area (Å²) >= 11 is 0. The van der Waals surface area contributed by atoms with Crippen molar-refractivity contribution in [3.63, 3.8) is 0 Å². The summed E-state index contributed by atoms with van der Waals surface area (Å²) in [6, 6.07) is 0.483. The molecule has 1 saturated heterocycles. The quantitative estimate of drug-likeness (QED) is 0.718. The van der Waals surface area contributed by atoms with Gasteiger partial charge < -0.3 is 15.0 Å². The van der Waals surface area contributed by atoms with E-state index in [9.17, 15) is 0 Å². The average molecular weight is 228 g/mol. The number of hydrogen-bond donors (Lipinski definition) is 1. The molecule has 0 aromatic rings. The van der Waals surface area contributed by atoms with Crippen molar-refractivity contribution in [3.05, 3.63) is 0 Å². The third kappa shape index (κ3) is 5.28. The normalized spacial score (nSPS) is 24.6. The molecule has 0 aromatic heterocycles. The number of hydrogen-bond acceptors (Lipinski definition) is 3. The molecular weight excluding hydrogens is 200 g/mol. The van der Waals surface area contributed by atoms with Crippen molar-refractivity contribution in [2.24, 2.45) is 5.92 Å². The molecule has 1 rings (SSSR count). The Morgan fingerprint density at radius 1 is 1.44 bits per heavy atom. The zero-order valence-corrected chi connectivity index (χ0v) is 11.2. The molecule has 1 N–H and O–H groups in total. The van der Waals surface area contributed by atoms with Crippen molar-refractivity contribution >= 4 is 0 Å². The molecule has 2 unspecified atom stereocenters. The van der Waals surface area contributed by atoms with Gasteiger partial charge in [-0.3, -0.25) is 0 Å². The minimum Gasteiger partial charge on any atom is -0.380 e. The Morgan fingerprint density at radius 3 is 2.94 bits per heavy atom. The molecule has 0 bridgehead atoms. The van der Waals surface area contributed by atoms with E-state index in [-0.39, 0.29) is 0 Å². The van der Waals surface area contributed by atoms with Crippen molar-refractivity contribution in [2.45, 2.75) is 39.7 Å². The molecule has 3 heteroatoms. The van der Waals surface area contributed by atoms with Gasteiger partial charge in [-0.15, -0.1) is 0 Å². The van der Waals surface area contributed by atoms with Crippen LogP contribution in [0.15, 0.2) is 0 Å². The SMILES string of the molecule is CCOCC(C)NCC1CCCN(CC)C1. The maximum Gasteiger partial charge on any atom is 0.0616 e. The second-order valence-electron chi connectivity index (χ2n) is 4.87. The first kappa shape index (κ1) is 13.9. The highest BCUT2D eigenvalue weighted by atomic mass is 16.5. The van der Waals surface area contributed by atoms with E-state index in [1.807, 2.05) is 6.92 Å². The van der Waals surface area contributed by atoms with Crippen LogP contribution in [0.25, 0.3) is 0 Å². The lowest BCUT2D eigenvalue weighted by Crippen LogP contribution is -2.42. The third-order valence-corrected chi connectivity index (χ3v) is 3.38. The van der Waals surface area contributed by atoms with Crippen LogP contribution in [0.3, 0.4) is 0 Å². The van der Waals surface area contributed by atoms with Gasteiger partial charge in [0, 0.05) is 19.2 Å². The molecule has 0 radical (unpaired) electrons. The first-order valence-electron chi connectivity index (χ1n) is 6.79. The number of ether oxygens (including phenoxy) is 1. The molecule has 1 aliphatic heterocycles. The summed E-state index contributed by atoms with van der Waals surface area (Å²) in [4.78, 5) is 2.56. The van der Waals surface area contributed by atoms with Crippen LogP contribution in [0, 0.1) is 5.92 Å². The molecule has 0 aliphatic carbocycles. The summed E-state index contributed by atoms with van der Waals surface area (Å²) in [5.74, 6) is 0.831. The van der Waals surface area contributed by atoms with Crippen LogP contribution >= 0.6 is 0 Å². The van der Waals surface area contributed by atoms with E-state index in [0.717, 1.165) is 25.7 Å². The lowest BCUT2D eigenvalue weighted by atomic mass is 9.98. The Morgan fingerprint density at radius 2 is 2.25 bits per heavy atom. The molecular formula is C13H28N2O. The van der Waals surface area contributed by atoms with Gasteiger partial charge >= 0.3 is 0 Å². The Labute approximate surface area is 101 Å². The van der Waals surface area contributed by atoms with Crippen LogP contribution in [0.4, 0.5) is 0 Å². The maximum absolute atomic E-state index is 5.40. The van der Waals surface area contributed by atoms with E-state index in [1.165, 1.54) is 32.5 Å². The summed E-state index contributed by atoms with van der Waals surface area (Å²) < 4.78 is 5.40. The van der Waals surface area contributed by atoms with E-state index in [0.29, 0.717) is 6.04 Å². The molecule has 16 heavy (non-hydrogen) atoms. The van der Waals surface area contributed by atoms with Gasteiger partial charge in [-0.2, -0.15) is 0 Å². The van der Waals surface area contributed by atoms with Gasteiger partial charge in [-0.25, -0.2) is 0 Å². The number of piperidine rings is 1. The monoisotopic (exact) mass is 228 g/mol. The highest BCUT2D eigenvalue weighted by molar-refractivity contribution is 4.75. The number of rotatable bonds is 7. The van der Waals surface area contributed by atoms with Gasteiger partial charge in [0.15, 0.2) is 0 Å². The summed E-state index contributed by atoms with van der Waals surface area (Å²) in [5, 5.41) is 3.58. The maximum atomic E-state index is 5.40. The van der Waals surface area contributed by atoms with Gasteiger partial charge in [0.25, 0.3) is 0 Å². The lowest BCUT2D eigenvalue weighted by molar-refractivity contribution is 0.121. The number of nitrogens with one attached hydrogen (secondary N) is 1. The molecule has 0 saturated carbocycles. The fourth-order valence-corrected chi connectivity index (χ4v) is 2.33. The lowest BCUT2D eigenvalue weighted by Gasteiger charge is -2.32. The van der Waals surface area contributed by atoms with Crippen molar-refractivity contribution in [1.29, 1.82) is 0 Å². The molecule has 96 valence electrons. The Kier molecular flexibility index (Phi) is 7.01. The molecule has 1 aliphatic rings. The molecule has 1 heterocycles. The number of likely N-dealkylation sites (tertiary alicyclic amines) is 1. The van der Waals surface area contributed by atoms with Gasteiger partial charge in [-0.1, -0.05) is 6.92 Å². The summed E-state index contributed by atoms with van der Waals surface area (Å²) in [6.45, 7) is 13.1. The minimum absolute atomic E-state index is 0.483. The molecule has 3 nitrogen and oxygen atoms in total. The first-order chi connectivity index (χ1) is 7.76. The highest BCUT2D eigenvalue weighted by Crippen LogP contribution is 2.15. The zero-order valence-electron chi connectivity index (χ0n) is 11.2. The number of nitrogens with zero attached hydrogens (tertiary/aromatic N) is 1. The van der Waals surface area contributed by atoms with E-state index in [2.05, 4.69) is 24.1 Å². The fourth-order valence-electron chi connectivity index (χ4n) is 2.33. The van der Waals surface area contributed by atoms with E-state index < -0.39 is 0 Å². The van der Waals surface area contributed by atoms with Crippen LogP contribution in [-0.2, 0) is 4.74 Å². The predicted octanol–water partition coefficient (Wildman–Crippen LogP) is 1.73. The van der Waals surface area contributed by atoms with E-state index >= 15 is 0 Å². The Bertz CT molecular complexity index is 175. The summed E-state index contributed by atoms with van der Waals surface area (Å²) in [5.41, 5.74) is 0. The molecule has 0 aromatic carbocycles. The Hall–Kier alpha value is -0.120. The smallest absolute Gasteiger partial charge is 0.0616 e. The van der Waals surface area contributed by atoms with Crippen molar-refractivity contribution < 1.29 is 4.74 Å². The van der Waals surface area contributed by atoms with Gasteiger partial charge in [0.2, 0.25) is 0 Å². The van der Waals surface area contributed by atoms with Crippen LogP contribution in [0.2, 0.25) is 0 Å². The van der Waals surface area contributed by atoms with Crippen LogP contribution in [0.1, 0.15) is 33.6 Å². The van der Waals surface area contributed by atoms with E-state index in [4.69, 9.17) is 4.74 Å². The zero-order chi connectivity index (χ0) is 11.8. The highest BCUT2D eigenvalue weighted by Gasteiger charge is 2.18. The van der Waals surface area contributed by atoms with Crippen molar-refractivity contribution in [1.82, 2.24) is 10.2 Å². The molecule has 2 atom stereocenters. The second kappa shape index (κ2) is 8.04. The largest absolute Gasteiger partial charge is 0.380 e. The summed E-state index contributed by atoms with van der Waals surface area (Å²) in [7, 11) is 0. The fraction of sp³-hybridized carbons (Fsp3) is 1.00. The molecule has 0 amide bonds. The van der Waals surface area contributed by atoms with Gasteiger partial charge in [0.05, 0.1) is 6.61 Å². The average Bonchev–Trinajstić information content (AvgIpc) is 2.34. The van der Waals surface area contributed by atoms with Crippen LogP contribution in [-0.4, -0.2) is 50.3 Å². The first-order valence-corrected chi connectivity index (χ1v) is 6.79. The molecule has 0 spiro atoms. The van der Waals surface area contributed by atoms with Gasteiger partial charge in [0.1, 0.15) is 0 Å². The van der Waals surface area contributed by atoms with E-state index in [1.54, 1.807) is 0 Å². The second-order valence-corrected chi connectivity index (χ2v) is 4.87. The third-order valence-electron chi connectivity index (χ3n) is 3.38. The van der Waals surface area contributed by atoms with Crippen molar-refractivity contribution in [2.75, 3.05) is 39.4 Å². The standard InChI is InChI=1S/C13H28N2O/c1-4-15-8-6-7-13(10-15)9-14-12(3)11-16-5-2/h12-14H,4-11H2,1-3H3. The summed E-state index contributed by atoms with van der Waals surface area (Å²) in [6.07, 6.45) is 2.74.